The first-order chi connectivity index (χ1) is 9.79. The third kappa shape index (κ3) is 2.21. The molecule has 20 heavy (non-hydrogen) atoms. The van der Waals surface area contributed by atoms with Gasteiger partial charge in [-0.15, -0.1) is 5.10 Å². The smallest absolute Gasteiger partial charge is 0.144 e. The number of ether oxygens (including phenoxy) is 1. The minimum atomic E-state index is 0.0121. The topological polar surface area (TPSA) is 88.7 Å². The molecule has 3 heterocycles. The highest BCUT2D eigenvalue weighted by molar-refractivity contribution is 5.56. The molecule has 0 spiro atoms. The summed E-state index contributed by atoms with van der Waals surface area (Å²) in [6, 6.07) is 4.07. The number of nitrogens with one attached hydrogen (secondary N) is 1. The quantitative estimate of drug-likeness (QED) is 0.891. The van der Waals surface area contributed by atoms with Gasteiger partial charge in [0, 0.05) is 12.4 Å². The van der Waals surface area contributed by atoms with E-state index in [1.807, 2.05) is 19.2 Å². The molecule has 7 heteroatoms. The van der Waals surface area contributed by atoms with Crippen molar-refractivity contribution in [2.24, 2.45) is 0 Å². The molecule has 2 aromatic rings. The highest BCUT2D eigenvalue weighted by Gasteiger charge is 2.31. The Bertz CT molecular complexity index is 633. The molecule has 2 aromatic heterocycles. The van der Waals surface area contributed by atoms with E-state index < -0.39 is 0 Å². The van der Waals surface area contributed by atoms with Gasteiger partial charge in [0.25, 0.3) is 0 Å². The van der Waals surface area contributed by atoms with Crippen molar-refractivity contribution in [1.29, 1.82) is 5.26 Å². The average molecular weight is 270 g/mol. The van der Waals surface area contributed by atoms with E-state index in [-0.39, 0.29) is 12.1 Å². The van der Waals surface area contributed by atoms with Crippen LogP contribution in [0.25, 0.3) is 0 Å². The third-order valence-corrected chi connectivity index (χ3v) is 3.42. The minimum absolute atomic E-state index is 0.0121. The monoisotopic (exact) mass is 270 g/mol. The van der Waals surface area contributed by atoms with Gasteiger partial charge in [0.2, 0.25) is 0 Å². The molecule has 2 atom stereocenters. The van der Waals surface area contributed by atoms with Gasteiger partial charge in [0.15, 0.2) is 0 Å². The lowest BCUT2D eigenvalue weighted by atomic mass is 10.1. The zero-order chi connectivity index (χ0) is 13.9. The number of pyridine rings is 1. The first kappa shape index (κ1) is 12.6. The summed E-state index contributed by atoms with van der Waals surface area (Å²) in [5, 5.41) is 20.4. The number of rotatable bonds is 3. The molecule has 0 aliphatic carbocycles. The largest absolute Gasteiger partial charge is 0.377 e. The number of nitriles is 1. The maximum absolute atomic E-state index is 9.23. The van der Waals surface area contributed by atoms with Crippen molar-refractivity contribution in [3.05, 3.63) is 35.8 Å². The molecule has 1 saturated heterocycles. The van der Waals surface area contributed by atoms with Gasteiger partial charge >= 0.3 is 0 Å². The van der Waals surface area contributed by atoms with Crippen LogP contribution in [-0.2, 0) is 4.74 Å². The summed E-state index contributed by atoms with van der Waals surface area (Å²) in [5.41, 5.74) is 1.47. The Balaban J connectivity index is 1.84. The summed E-state index contributed by atoms with van der Waals surface area (Å²) in [6.45, 7) is 3.01. The van der Waals surface area contributed by atoms with Gasteiger partial charge < -0.3 is 10.1 Å². The molecule has 1 aliphatic rings. The normalized spacial score (nSPS) is 21.6. The molecular formula is C13H14N6O. The SMILES string of the molecule is Cc1ccnc(N[C@H]2COC[C@H]2n2ccnn2)c1C#N. The van der Waals surface area contributed by atoms with Crippen LogP contribution in [0.1, 0.15) is 17.2 Å². The van der Waals surface area contributed by atoms with E-state index in [9.17, 15) is 5.26 Å². The van der Waals surface area contributed by atoms with Gasteiger partial charge in [-0.3, -0.25) is 0 Å². The summed E-state index contributed by atoms with van der Waals surface area (Å²) in [7, 11) is 0. The van der Waals surface area contributed by atoms with Crippen LogP contribution in [0.4, 0.5) is 5.82 Å². The Kier molecular flexibility index (Phi) is 3.31. The molecule has 1 N–H and O–H groups in total. The summed E-state index contributed by atoms with van der Waals surface area (Å²) in [5.74, 6) is 0.591. The second kappa shape index (κ2) is 5.27. The molecule has 0 aromatic carbocycles. The molecule has 102 valence electrons. The Morgan fingerprint density at radius 2 is 2.35 bits per heavy atom. The number of hydrogen-bond donors (Lipinski definition) is 1. The lowest BCUT2D eigenvalue weighted by Gasteiger charge is -2.20. The van der Waals surface area contributed by atoms with E-state index in [0.717, 1.165) is 5.56 Å². The summed E-state index contributed by atoms with van der Waals surface area (Å²) in [6.07, 6.45) is 5.14. The molecule has 1 fully saturated rings. The van der Waals surface area contributed by atoms with Gasteiger partial charge in [-0.2, -0.15) is 5.26 Å². The highest BCUT2D eigenvalue weighted by atomic mass is 16.5. The maximum atomic E-state index is 9.23. The number of nitrogens with zero attached hydrogens (tertiary/aromatic N) is 5. The molecule has 1 aliphatic heterocycles. The van der Waals surface area contributed by atoms with Gasteiger partial charge in [0.05, 0.1) is 37.1 Å². The summed E-state index contributed by atoms with van der Waals surface area (Å²) in [4.78, 5) is 4.26. The van der Waals surface area contributed by atoms with Gasteiger partial charge in [-0.1, -0.05) is 5.21 Å². The van der Waals surface area contributed by atoms with Crippen molar-refractivity contribution in [3.8, 4) is 6.07 Å². The van der Waals surface area contributed by atoms with E-state index >= 15 is 0 Å². The molecule has 3 rings (SSSR count). The average Bonchev–Trinajstić information content (AvgIpc) is 3.09. The van der Waals surface area contributed by atoms with Crippen molar-refractivity contribution >= 4 is 5.82 Å². The first-order valence-corrected chi connectivity index (χ1v) is 6.35. The van der Waals surface area contributed by atoms with Crippen molar-refractivity contribution in [3.63, 3.8) is 0 Å². The van der Waals surface area contributed by atoms with Crippen LogP contribution in [0.3, 0.4) is 0 Å². The van der Waals surface area contributed by atoms with Crippen molar-refractivity contribution in [1.82, 2.24) is 20.0 Å². The maximum Gasteiger partial charge on any atom is 0.144 e. The number of anilines is 1. The third-order valence-electron chi connectivity index (χ3n) is 3.42. The van der Waals surface area contributed by atoms with Gasteiger partial charge in [-0.05, 0) is 18.6 Å². The molecule has 0 bridgehead atoms. The van der Waals surface area contributed by atoms with Crippen molar-refractivity contribution < 1.29 is 4.74 Å². The Hall–Kier alpha value is -2.46. The molecule has 7 nitrogen and oxygen atoms in total. The second-order valence-electron chi connectivity index (χ2n) is 4.70. The molecular weight excluding hydrogens is 256 g/mol. The van der Waals surface area contributed by atoms with Crippen LogP contribution in [-0.4, -0.2) is 39.2 Å². The molecule has 0 radical (unpaired) electrons. The van der Waals surface area contributed by atoms with Crippen LogP contribution in [0.2, 0.25) is 0 Å². The fraction of sp³-hybridized carbons (Fsp3) is 0.385. The van der Waals surface area contributed by atoms with Crippen molar-refractivity contribution in [2.75, 3.05) is 18.5 Å². The predicted molar refractivity (Wildman–Crippen MR) is 71.0 cm³/mol. The van der Waals surface area contributed by atoms with Gasteiger partial charge in [0.1, 0.15) is 11.9 Å². The van der Waals surface area contributed by atoms with Crippen LogP contribution in [0.15, 0.2) is 24.7 Å². The standard InChI is InChI=1S/C13H14N6O/c1-9-2-3-15-13(10(9)6-14)17-11-7-20-8-12(11)19-5-4-16-18-19/h2-5,11-12H,7-8H2,1H3,(H,15,17)/t11-,12+/m0/s1. The van der Waals surface area contributed by atoms with E-state index in [2.05, 4.69) is 26.7 Å². The predicted octanol–water partition coefficient (Wildman–Crippen LogP) is 0.905. The lowest BCUT2D eigenvalue weighted by Crippen LogP contribution is -2.31. The Morgan fingerprint density at radius 1 is 1.45 bits per heavy atom. The zero-order valence-electron chi connectivity index (χ0n) is 11.0. The highest BCUT2D eigenvalue weighted by Crippen LogP contribution is 2.24. The molecule has 0 amide bonds. The molecule has 0 saturated carbocycles. The van der Waals surface area contributed by atoms with E-state index in [1.54, 1.807) is 17.1 Å². The second-order valence-corrected chi connectivity index (χ2v) is 4.70. The fourth-order valence-corrected chi connectivity index (χ4v) is 2.32. The number of aryl methyl sites for hydroxylation is 1. The van der Waals surface area contributed by atoms with E-state index in [0.29, 0.717) is 24.6 Å². The number of aromatic nitrogens is 4. The number of hydrogen-bond acceptors (Lipinski definition) is 6. The van der Waals surface area contributed by atoms with Crippen LogP contribution in [0.5, 0.6) is 0 Å². The van der Waals surface area contributed by atoms with Crippen LogP contribution in [0, 0.1) is 18.3 Å². The lowest BCUT2D eigenvalue weighted by molar-refractivity contribution is 0.183. The zero-order valence-corrected chi connectivity index (χ0v) is 11.0. The van der Waals surface area contributed by atoms with Crippen LogP contribution >= 0.6 is 0 Å². The van der Waals surface area contributed by atoms with E-state index in [4.69, 9.17) is 4.74 Å². The van der Waals surface area contributed by atoms with Crippen LogP contribution < -0.4 is 5.32 Å². The summed E-state index contributed by atoms with van der Waals surface area (Å²) >= 11 is 0. The van der Waals surface area contributed by atoms with Crippen molar-refractivity contribution in [2.45, 2.75) is 19.0 Å². The Morgan fingerprint density at radius 3 is 3.10 bits per heavy atom. The fourth-order valence-electron chi connectivity index (χ4n) is 2.32. The Labute approximate surface area is 116 Å². The first-order valence-electron chi connectivity index (χ1n) is 6.35. The van der Waals surface area contributed by atoms with Gasteiger partial charge in [-0.25, -0.2) is 9.67 Å². The molecule has 0 unspecified atom stereocenters. The summed E-state index contributed by atoms with van der Waals surface area (Å²) < 4.78 is 7.28. The minimum Gasteiger partial charge on any atom is -0.377 e. The van der Waals surface area contributed by atoms with E-state index in [1.165, 1.54) is 0 Å².